The van der Waals surface area contributed by atoms with Crippen LogP contribution < -0.4 is 5.73 Å². The van der Waals surface area contributed by atoms with Crippen LogP contribution in [0, 0.1) is 0 Å². The summed E-state index contributed by atoms with van der Waals surface area (Å²) < 4.78 is 12.8. The minimum Gasteiger partial charge on any atom is -0.328 e. The van der Waals surface area contributed by atoms with Crippen molar-refractivity contribution >= 4 is 8.41 Å². The molecule has 0 aromatic rings. The first-order chi connectivity index (χ1) is 3.48. The molecule has 1 unspecified atom stereocenters. The Bertz CT molecular complexity index is 69.3. The van der Waals surface area contributed by atoms with Crippen molar-refractivity contribution in [2.45, 2.75) is 32.1 Å². The van der Waals surface area contributed by atoms with Gasteiger partial charge in [-0.2, -0.15) is 0 Å². The normalized spacial score (nSPS) is 16.1. The molecule has 0 heterocycles. The fraction of sp³-hybridized carbons (Fsp3) is 1.00. The fourth-order valence-corrected chi connectivity index (χ4v) is 1.46. The van der Waals surface area contributed by atoms with Crippen LogP contribution in [0.25, 0.3) is 0 Å². The van der Waals surface area contributed by atoms with Crippen molar-refractivity contribution in [3.8, 4) is 0 Å². The van der Waals surface area contributed by atoms with Gasteiger partial charge in [0.05, 0.1) is 0 Å². The highest BCUT2D eigenvalue weighted by atomic mass is 28.4. The third kappa shape index (κ3) is 2.42. The van der Waals surface area contributed by atoms with Crippen molar-refractivity contribution in [1.29, 1.82) is 0 Å². The van der Waals surface area contributed by atoms with E-state index >= 15 is 0 Å². The Morgan fingerprint density at radius 1 is 1.62 bits per heavy atom. The summed E-state index contributed by atoms with van der Waals surface area (Å²) in [5, 5.41) is 0. The second kappa shape index (κ2) is 2.59. The first-order valence-corrected chi connectivity index (χ1v) is 5.88. The van der Waals surface area contributed by atoms with Gasteiger partial charge in [-0.15, -0.1) is 0 Å². The largest absolute Gasteiger partial charge is 0.328 e. The molecule has 0 spiro atoms. The summed E-state index contributed by atoms with van der Waals surface area (Å²) in [6, 6.07) is 0. The molecule has 0 rings (SSSR count). The summed E-state index contributed by atoms with van der Waals surface area (Å²) in [6.45, 7) is 5.20. The summed E-state index contributed by atoms with van der Waals surface area (Å²) in [4.78, 5) is 0. The quantitative estimate of drug-likeness (QED) is 0.450. The molecule has 0 aromatic heterocycles. The van der Waals surface area contributed by atoms with Crippen molar-refractivity contribution in [1.82, 2.24) is 0 Å². The molecule has 0 radical (unpaired) electrons. The van der Waals surface area contributed by atoms with Gasteiger partial charge in [-0.05, 0) is 19.5 Å². The van der Waals surface area contributed by atoms with Crippen LogP contribution in [0.15, 0.2) is 0 Å². The Morgan fingerprint density at radius 2 is 2.00 bits per heavy atom. The maximum atomic E-state index is 12.8. The third-order valence-corrected chi connectivity index (χ3v) is 3.49. The van der Waals surface area contributed by atoms with Crippen LogP contribution in [0.2, 0.25) is 13.1 Å². The van der Waals surface area contributed by atoms with Crippen LogP contribution in [-0.2, 0) is 0 Å². The molecule has 0 aliphatic heterocycles. The van der Waals surface area contributed by atoms with E-state index in [0.717, 1.165) is 6.42 Å². The van der Waals surface area contributed by atoms with Gasteiger partial charge in [-0.3, -0.25) is 0 Å². The van der Waals surface area contributed by atoms with Gasteiger partial charge in [0.1, 0.15) is 0 Å². The Labute approximate surface area is 51.3 Å². The molecule has 1 nitrogen and oxygen atoms in total. The summed E-state index contributed by atoms with van der Waals surface area (Å²) >= 11 is 0. The van der Waals surface area contributed by atoms with Crippen LogP contribution in [-0.4, -0.2) is 14.1 Å². The van der Waals surface area contributed by atoms with Gasteiger partial charge in [0.25, 0.3) is 8.41 Å². The molecule has 0 saturated carbocycles. The summed E-state index contributed by atoms with van der Waals surface area (Å²) in [5.41, 5.74) is 5.26. The minimum absolute atomic E-state index is 0.178. The smallest absolute Gasteiger partial charge is 0.257 e. The molecule has 0 fully saturated rings. The predicted molar refractivity (Wildman–Crippen MR) is 36.9 cm³/mol. The van der Waals surface area contributed by atoms with E-state index in [1.165, 1.54) is 0 Å². The number of nitrogens with two attached hydrogens (primary N) is 1. The van der Waals surface area contributed by atoms with Gasteiger partial charge in [0.2, 0.25) is 0 Å². The summed E-state index contributed by atoms with van der Waals surface area (Å²) in [6.07, 6.45) is 0.760. The molecule has 0 aliphatic rings. The van der Waals surface area contributed by atoms with Crippen LogP contribution in [0.3, 0.4) is 0 Å². The van der Waals surface area contributed by atoms with Gasteiger partial charge in [0.15, 0.2) is 0 Å². The van der Waals surface area contributed by atoms with E-state index in [1.54, 1.807) is 13.1 Å². The van der Waals surface area contributed by atoms with Crippen molar-refractivity contribution in [2.75, 3.05) is 0 Å². The highest BCUT2D eigenvalue weighted by Crippen LogP contribution is 2.09. The molecule has 0 bridgehead atoms. The first-order valence-electron chi connectivity index (χ1n) is 2.93. The van der Waals surface area contributed by atoms with Crippen LogP contribution in [0.4, 0.5) is 4.11 Å². The van der Waals surface area contributed by atoms with E-state index in [1.807, 2.05) is 6.92 Å². The average molecular weight is 135 g/mol. The van der Waals surface area contributed by atoms with E-state index in [2.05, 4.69) is 0 Å². The van der Waals surface area contributed by atoms with E-state index in [4.69, 9.17) is 5.73 Å². The Morgan fingerprint density at radius 3 is 2.00 bits per heavy atom. The number of hydrogen-bond donors (Lipinski definition) is 1. The van der Waals surface area contributed by atoms with Crippen LogP contribution >= 0.6 is 0 Å². The molecule has 3 heteroatoms. The molecule has 1 atom stereocenters. The van der Waals surface area contributed by atoms with Crippen LogP contribution in [0.5, 0.6) is 0 Å². The van der Waals surface area contributed by atoms with Gasteiger partial charge in [-0.25, -0.2) is 0 Å². The Kier molecular flexibility index (Phi) is 2.63. The number of rotatable bonds is 2. The lowest BCUT2D eigenvalue weighted by atomic mass is 10.5. The molecule has 0 aliphatic carbocycles. The topological polar surface area (TPSA) is 26.0 Å². The van der Waals surface area contributed by atoms with Crippen molar-refractivity contribution in [2.24, 2.45) is 5.73 Å². The SMILES string of the molecule is CCC(N)[Si](C)(C)F. The molecule has 0 amide bonds. The molecule has 50 valence electrons. The molecular weight excluding hydrogens is 121 g/mol. The van der Waals surface area contributed by atoms with Crippen molar-refractivity contribution < 1.29 is 4.11 Å². The van der Waals surface area contributed by atoms with Crippen molar-refractivity contribution in [3.05, 3.63) is 0 Å². The molecular formula is C5H14FNSi. The molecule has 2 N–H and O–H groups in total. The molecule has 0 saturated heterocycles. The van der Waals surface area contributed by atoms with E-state index < -0.39 is 8.41 Å². The van der Waals surface area contributed by atoms with Gasteiger partial charge >= 0.3 is 0 Å². The number of hydrogen-bond acceptors (Lipinski definition) is 1. The Balaban J connectivity index is 3.62. The van der Waals surface area contributed by atoms with E-state index in [-0.39, 0.29) is 5.67 Å². The highest BCUT2D eigenvalue weighted by Gasteiger charge is 2.27. The standard InChI is InChI=1S/C5H14FNSi/c1-4-5(7)8(2,3)6/h5H,4,7H2,1-3H3. The van der Waals surface area contributed by atoms with E-state index in [9.17, 15) is 4.11 Å². The average Bonchev–Trinajstić information content (AvgIpc) is 1.62. The zero-order chi connectivity index (χ0) is 6.78. The van der Waals surface area contributed by atoms with Crippen molar-refractivity contribution in [3.63, 3.8) is 0 Å². The van der Waals surface area contributed by atoms with E-state index in [0.29, 0.717) is 0 Å². The number of halogens is 1. The van der Waals surface area contributed by atoms with Gasteiger partial charge < -0.3 is 9.84 Å². The summed E-state index contributed by atoms with van der Waals surface area (Å²) in [7, 11) is -2.48. The fourth-order valence-electron chi connectivity index (χ4n) is 0.485. The Hall–Kier alpha value is 0.107. The predicted octanol–water partition coefficient (Wildman–Crippen LogP) is 1.44. The second-order valence-corrected chi connectivity index (χ2v) is 6.45. The maximum Gasteiger partial charge on any atom is 0.257 e. The van der Waals surface area contributed by atoms with Gasteiger partial charge in [-0.1, -0.05) is 6.92 Å². The lowest BCUT2D eigenvalue weighted by Gasteiger charge is -2.17. The lowest BCUT2D eigenvalue weighted by molar-refractivity contribution is 0.694. The second-order valence-electron chi connectivity index (χ2n) is 2.58. The van der Waals surface area contributed by atoms with Crippen LogP contribution in [0.1, 0.15) is 13.3 Å². The third-order valence-electron chi connectivity index (χ3n) is 1.32. The van der Waals surface area contributed by atoms with Gasteiger partial charge in [0, 0.05) is 5.67 Å². The molecule has 0 aromatic carbocycles. The minimum atomic E-state index is -2.48. The highest BCUT2D eigenvalue weighted by molar-refractivity contribution is 6.72. The maximum absolute atomic E-state index is 12.8. The summed E-state index contributed by atoms with van der Waals surface area (Å²) in [5.74, 6) is 0. The lowest BCUT2D eigenvalue weighted by Crippen LogP contribution is -2.43. The zero-order valence-corrected chi connectivity index (χ0v) is 6.74. The monoisotopic (exact) mass is 135 g/mol. The molecule has 8 heavy (non-hydrogen) atoms. The zero-order valence-electron chi connectivity index (χ0n) is 5.74. The first kappa shape index (κ1) is 8.11.